The zero-order valence-electron chi connectivity index (χ0n) is 19.7. The Morgan fingerprint density at radius 2 is 2.06 bits per heavy atom. The number of thioether (sulfide) groups is 1. The third kappa shape index (κ3) is 6.03. The zero-order chi connectivity index (χ0) is 24.8. The lowest BCUT2D eigenvalue weighted by atomic mass is 10.1. The van der Waals surface area contributed by atoms with E-state index in [0.29, 0.717) is 54.4 Å². The summed E-state index contributed by atoms with van der Waals surface area (Å²) < 4.78 is 6.88. The molecule has 186 valence electrons. The topological polar surface area (TPSA) is 114 Å². The van der Waals surface area contributed by atoms with Crippen molar-refractivity contribution in [2.75, 3.05) is 49.3 Å². The normalized spacial score (nSPS) is 15.7. The van der Waals surface area contributed by atoms with E-state index >= 15 is 0 Å². The molecular weight excluding hydrogens is 490 g/mol. The van der Waals surface area contributed by atoms with Gasteiger partial charge in [-0.3, -0.25) is 9.59 Å². The quantitative estimate of drug-likeness (QED) is 0.227. The molecule has 0 bridgehead atoms. The monoisotopic (exact) mass is 517 g/mol. The molecule has 2 N–H and O–H groups in total. The molecule has 12 heteroatoms. The van der Waals surface area contributed by atoms with Crippen molar-refractivity contribution in [3.8, 4) is 0 Å². The summed E-state index contributed by atoms with van der Waals surface area (Å²) in [6.07, 6.45) is 1.91. The summed E-state index contributed by atoms with van der Waals surface area (Å²) in [5, 5.41) is 12.8. The van der Waals surface area contributed by atoms with E-state index in [4.69, 9.17) is 16.3 Å². The maximum atomic E-state index is 12.8. The lowest BCUT2D eigenvalue weighted by Crippen LogP contribution is -2.35. The van der Waals surface area contributed by atoms with Crippen LogP contribution in [0.5, 0.6) is 0 Å². The van der Waals surface area contributed by atoms with E-state index in [1.165, 1.54) is 0 Å². The molecule has 3 heterocycles. The number of anilines is 2. The third-order valence-electron chi connectivity index (χ3n) is 5.60. The number of methoxy groups -OCH3 is 1. The van der Waals surface area contributed by atoms with E-state index in [1.54, 1.807) is 58.9 Å². The summed E-state index contributed by atoms with van der Waals surface area (Å²) in [7, 11) is 1.65. The van der Waals surface area contributed by atoms with Crippen molar-refractivity contribution in [2.24, 2.45) is 5.92 Å². The Hall–Kier alpha value is -2.89. The molecule has 1 fully saturated rings. The molecule has 10 nitrogen and oxygen atoms in total. The van der Waals surface area contributed by atoms with Gasteiger partial charge in [0.05, 0.1) is 30.7 Å². The van der Waals surface area contributed by atoms with Gasteiger partial charge in [0.15, 0.2) is 10.8 Å². The van der Waals surface area contributed by atoms with Gasteiger partial charge in [0.1, 0.15) is 5.82 Å². The second-order valence-corrected chi connectivity index (χ2v) is 9.65. The van der Waals surface area contributed by atoms with E-state index in [2.05, 4.69) is 25.7 Å². The molecule has 2 amide bonds. The van der Waals surface area contributed by atoms with Crippen LogP contribution in [0, 0.1) is 5.92 Å². The van der Waals surface area contributed by atoms with Crippen LogP contribution in [0.25, 0.3) is 11.0 Å². The van der Waals surface area contributed by atoms with Gasteiger partial charge in [-0.1, -0.05) is 30.3 Å². The van der Waals surface area contributed by atoms with Gasteiger partial charge >= 0.3 is 0 Å². The highest BCUT2D eigenvalue weighted by Crippen LogP contribution is 2.27. The van der Waals surface area contributed by atoms with Crippen LogP contribution in [0.3, 0.4) is 0 Å². The van der Waals surface area contributed by atoms with Crippen LogP contribution in [0.4, 0.5) is 11.5 Å². The lowest BCUT2D eigenvalue weighted by molar-refractivity contribution is -0.126. The first-order valence-corrected chi connectivity index (χ1v) is 12.8. The second kappa shape index (κ2) is 11.7. The third-order valence-corrected chi connectivity index (χ3v) is 6.59. The highest BCUT2D eigenvalue weighted by atomic mass is 35.5. The number of amides is 2. The van der Waals surface area contributed by atoms with Crippen LogP contribution in [-0.2, 0) is 20.9 Å². The summed E-state index contributed by atoms with van der Waals surface area (Å²) in [4.78, 5) is 36.1. The van der Waals surface area contributed by atoms with Gasteiger partial charge in [-0.25, -0.2) is 14.6 Å². The van der Waals surface area contributed by atoms with Crippen LogP contribution < -0.4 is 15.5 Å². The molecule has 1 aromatic carbocycles. The van der Waals surface area contributed by atoms with Gasteiger partial charge in [-0.15, -0.1) is 0 Å². The largest absolute Gasteiger partial charge is 0.383 e. The summed E-state index contributed by atoms with van der Waals surface area (Å²) in [5.74, 6) is 0.936. The zero-order valence-corrected chi connectivity index (χ0v) is 21.2. The predicted octanol–water partition coefficient (Wildman–Crippen LogP) is 2.82. The first-order valence-electron chi connectivity index (χ1n) is 11.4. The molecule has 35 heavy (non-hydrogen) atoms. The molecule has 2 aromatic heterocycles. The highest BCUT2D eigenvalue weighted by molar-refractivity contribution is 7.99. The number of rotatable bonds is 11. The number of carbonyl (C=O) groups is 2. The Morgan fingerprint density at radius 1 is 1.26 bits per heavy atom. The van der Waals surface area contributed by atoms with Gasteiger partial charge in [-0.05, 0) is 30.0 Å². The van der Waals surface area contributed by atoms with E-state index in [-0.39, 0.29) is 18.2 Å². The molecule has 1 aliphatic rings. The molecule has 0 radical (unpaired) electrons. The Kier molecular flexibility index (Phi) is 8.42. The molecule has 1 aliphatic heterocycles. The van der Waals surface area contributed by atoms with Crippen molar-refractivity contribution in [3.63, 3.8) is 0 Å². The SMILES string of the molecule is CCSc1nc(NCCOC)c2cnn(CCNC(=O)C3CC(=O)N(c4ccc(Cl)cc4)C3)c2n1. The number of hydrogen-bond acceptors (Lipinski definition) is 8. The standard InChI is InChI=1S/C23H28ClN7O3S/c1-3-35-23-28-20(25-9-11-34-2)18-13-27-31(21(18)29-23)10-8-26-22(33)15-12-19(32)30(14-15)17-6-4-16(24)5-7-17/h4-7,13,15H,3,8-12,14H2,1-2H3,(H,26,33)(H,25,28,29). The molecule has 1 saturated heterocycles. The van der Waals surface area contributed by atoms with Crippen molar-refractivity contribution >= 4 is 57.7 Å². The van der Waals surface area contributed by atoms with Crippen molar-refractivity contribution < 1.29 is 14.3 Å². The summed E-state index contributed by atoms with van der Waals surface area (Å²) >= 11 is 7.49. The number of hydrogen-bond donors (Lipinski definition) is 2. The summed E-state index contributed by atoms with van der Waals surface area (Å²) in [6, 6.07) is 7.04. The number of halogens is 1. The molecular formula is C23H28ClN7O3S. The Bertz CT molecular complexity index is 1190. The fourth-order valence-corrected chi connectivity index (χ4v) is 4.57. The minimum Gasteiger partial charge on any atom is -0.383 e. The molecule has 0 saturated carbocycles. The van der Waals surface area contributed by atoms with E-state index in [9.17, 15) is 9.59 Å². The van der Waals surface area contributed by atoms with Crippen LogP contribution in [0.1, 0.15) is 13.3 Å². The summed E-state index contributed by atoms with van der Waals surface area (Å²) in [5.41, 5.74) is 1.45. The maximum absolute atomic E-state index is 12.8. The van der Waals surface area contributed by atoms with Gasteiger partial charge in [0, 0.05) is 43.9 Å². The number of benzene rings is 1. The highest BCUT2D eigenvalue weighted by Gasteiger charge is 2.35. The van der Waals surface area contributed by atoms with Crippen molar-refractivity contribution in [1.29, 1.82) is 0 Å². The minimum atomic E-state index is -0.404. The van der Waals surface area contributed by atoms with Crippen molar-refractivity contribution in [1.82, 2.24) is 25.1 Å². The average Bonchev–Trinajstić information content (AvgIpc) is 3.44. The smallest absolute Gasteiger partial charge is 0.227 e. The first-order chi connectivity index (χ1) is 17.0. The first kappa shape index (κ1) is 25.2. The number of nitrogens with zero attached hydrogens (tertiary/aromatic N) is 5. The molecule has 4 rings (SSSR count). The second-order valence-electron chi connectivity index (χ2n) is 7.99. The Labute approximate surface area is 212 Å². The fourth-order valence-electron chi connectivity index (χ4n) is 3.88. The van der Waals surface area contributed by atoms with Crippen molar-refractivity contribution in [3.05, 3.63) is 35.5 Å². The number of aromatic nitrogens is 4. The average molecular weight is 518 g/mol. The van der Waals surface area contributed by atoms with Crippen LogP contribution in [0.2, 0.25) is 5.02 Å². The van der Waals surface area contributed by atoms with Crippen molar-refractivity contribution in [2.45, 2.75) is 25.0 Å². The number of ether oxygens (including phenoxy) is 1. The van der Waals surface area contributed by atoms with E-state index < -0.39 is 5.92 Å². The molecule has 0 aliphatic carbocycles. The Morgan fingerprint density at radius 3 is 2.80 bits per heavy atom. The predicted molar refractivity (Wildman–Crippen MR) is 137 cm³/mol. The van der Waals surface area contributed by atoms with Gasteiger partial charge in [0.2, 0.25) is 11.8 Å². The van der Waals surface area contributed by atoms with Crippen LogP contribution in [0.15, 0.2) is 35.6 Å². The number of carbonyl (C=O) groups excluding carboxylic acids is 2. The molecule has 1 atom stereocenters. The fraction of sp³-hybridized carbons (Fsp3) is 0.435. The lowest BCUT2D eigenvalue weighted by Gasteiger charge is -2.16. The molecule has 3 aromatic rings. The van der Waals surface area contributed by atoms with Crippen LogP contribution in [-0.4, -0.2) is 70.7 Å². The number of nitrogens with one attached hydrogen (secondary N) is 2. The van der Waals surface area contributed by atoms with Crippen LogP contribution >= 0.6 is 23.4 Å². The number of fused-ring (bicyclic) bond motifs is 1. The van der Waals surface area contributed by atoms with Gasteiger partial charge < -0.3 is 20.3 Å². The maximum Gasteiger partial charge on any atom is 0.227 e. The van der Waals surface area contributed by atoms with E-state index in [0.717, 1.165) is 16.8 Å². The van der Waals surface area contributed by atoms with E-state index in [1.807, 2.05) is 6.92 Å². The molecule has 0 spiro atoms. The summed E-state index contributed by atoms with van der Waals surface area (Å²) in [6.45, 7) is 4.38. The van der Waals surface area contributed by atoms with Gasteiger partial charge in [0.25, 0.3) is 0 Å². The minimum absolute atomic E-state index is 0.0725. The Balaban J connectivity index is 1.38. The molecule has 1 unspecified atom stereocenters. The van der Waals surface area contributed by atoms with Gasteiger partial charge in [-0.2, -0.15) is 5.10 Å².